The van der Waals surface area contributed by atoms with E-state index >= 15 is 0 Å². The average molecular weight is 296 g/mol. The topological polar surface area (TPSA) is 38.0 Å². The lowest BCUT2D eigenvalue weighted by Gasteiger charge is -2.18. The Labute approximate surface area is 114 Å². The molecular formula is C13H17F5N2. The van der Waals surface area contributed by atoms with Crippen molar-refractivity contribution in [1.29, 1.82) is 0 Å². The highest BCUT2D eigenvalue weighted by atomic mass is 19.2. The van der Waals surface area contributed by atoms with Gasteiger partial charge in [0, 0.05) is 6.54 Å². The average Bonchev–Trinajstić information content (AvgIpc) is 2.43. The van der Waals surface area contributed by atoms with Gasteiger partial charge in [-0.05, 0) is 25.3 Å². The van der Waals surface area contributed by atoms with E-state index in [0.29, 0.717) is 13.0 Å². The number of hydrogen-bond donors (Lipinski definition) is 2. The Balaban J connectivity index is 2.92. The molecule has 1 aromatic carbocycles. The standard InChI is InChI=1S/C13H17F5N2/c1-2-3-7(4-5-19)6-20-13-11(17)9(15)8(14)10(16)12(13)18/h7,20H,2-6,19H2,1H3. The quantitative estimate of drug-likeness (QED) is 0.459. The van der Waals surface area contributed by atoms with Crippen LogP contribution in [0.2, 0.25) is 0 Å². The minimum atomic E-state index is -2.15. The fraction of sp³-hybridized carbons (Fsp3) is 0.538. The van der Waals surface area contributed by atoms with Crippen molar-refractivity contribution in [3.05, 3.63) is 29.1 Å². The second-order valence-corrected chi connectivity index (χ2v) is 4.56. The molecule has 1 unspecified atom stereocenters. The largest absolute Gasteiger partial charge is 0.380 e. The molecule has 0 heterocycles. The third kappa shape index (κ3) is 3.59. The molecular weight excluding hydrogens is 279 g/mol. The van der Waals surface area contributed by atoms with Gasteiger partial charge in [0.05, 0.1) is 0 Å². The number of halogens is 5. The molecule has 0 aliphatic carbocycles. The van der Waals surface area contributed by atoms with E-state index in [2.05, 4.69) is 5.32 Å². The summed E-state index contributed by atoms with van der Waals surface area (Å²) in [6, 6.07) is 0. The van der Waals surface area contributed by atoms with Crippen LogP contribution in [0.15, 0.2) is 0 Å². The van der Waals surface area contributed by atoms with E-state index in [1.54, 1.807) is 0 Å². The Morgan fingerprint density at radius 2 is 1.40 bits per heavy atom. The Morgan fingerprint density at radius 1 is 0.900 bits per heavy atom. The summed E-state index contributed by atoms with van der Waals surface area (Å²) in [5, 5.41) is 2.31. The van der Waals surface area contributed by atoms with Crippen LogP contribution in [0.1, 0.15) is 26.2 Å². The molecule has 0 aliphatic heterocycles. The first-order chi connectivity index (χ1) is 9.43. The van der Waals surface area contributed by atoms with Gasteiger partial charge in [0.25, 0.3) is 0 Å². The van der Waals surface area contributed by atoms with E-state index in [1.165, 1.54) is 0 Å². The molecule has 7 heteroatoms. The SMILES string of the molecule is CCCC(CCN)CNc1c(F)c(F)c(F)c(F)c1F. The van der Waals surface area contributed by atoms with Crippen molar-refractivity contribution >= 4 is 5.69 Å². The monoisotopic (exact) mass is 296 g/mol. The lowest BCUT2D eigenvalue weighted by Crippen LogP contribution is -2.20. The first kappa shape index (κ1) is 16.7. The van der Waals surface area contributed by atoms with Crippen molar-refractivity contribution in [3.63, 3.8) is 0 Å². The molecule has 2 nitrogen and oxygen atoms in total. The van der Waals surface area contributed by atoms with Crippen LogP contribution >= 0.6 is 0 Å². The van der Waals surface area contributed by atoms with Gasteiger partial charge < -0.3 is 11.1 Å². The first-order valence-corrected chi connectivity index (χ1v) is 6.39. The van der Waals surface area contributed by atoms with Gasteiger partial charge in [-0.15, -0.1) is 0 Å². The maximum atomic E-state index is 13.4. The van der Waals surface area contributed by atoms with Crippen LogP contribution in [0.5, 0.6) is 0 Å². The smallest absolute Gasteiger partial charge is 0.200 e. The van der Waals surface area contributed by atoms with Gasteiger partial charge in [-0.2, -0.15) is 0 Å². The van der Waals surface area contributed by atoms with E-state index < -0.39 is 34.8 Å². The highest BCUT2D eigenvalue weighted by molar-refractivity contribution is 5.47. The molecule has 0 saturated carbocycles. The molecule has 0 saturated heterocycles. The normalized spacial score (nSPS) is 12.6. The molecule has 0 amide bonds. The molecule has 114 valence electrons. The summed E-state index contributed by atoms with van der Waals surface area (Å²) >= 11 is 0. The number of hydrogen-bond acceptors (Lipinski definition) is 2. The number of anilines is 1. The number of benzene rings is 1. The van der Waals surface area contributed by atoms with Gasteiger partial charge in [0.15, 0.2) is 23.3 Å². The molecule has 0 bridgehead atoms. The first-order valence-electron chi connectivity index (χ1n) is 6.39. The second kappa shape index (κ2) is 7.42. The van der Waals surface area contributed by atoms with E-state index in [0.717, 1.165) is 12.8 Å². The van der Waals surface area contributed by atoms with Crippen LogP contribution in [0, 0.1) is 35.0 Å². The Hall–Kier alpha value is -1.37. The van der Waals surface area contributed by atoms with E-state index in [4.69, 9.17) is 5.73 Å². The molecule has 0 aliphatic rings. The van der Waals surface area contributed by atoms with Gasteiger partial charge in [-0.1, -0.05) is 13.3 Å². The summed E-state index contributed by atoms with van der Waals surface area (Å²) in [6.45, 7) is 2.43. The Bertz CT molecular complexity index is 430. The van der Waals surface area contributed by atoms with Gasteiger partial charge in [-0.25, -0.2) is 22.0 Å². The lowest BCUT2D eigenvalue weighted by molar-refractivity contribution is 0.380. The van der Waals surface area contributed by atoms with Crippen LogP contribution in [0.4, 0.5) is 27.6 Å². The fourth-order valence-corrected chi connectivity index (χ4v) is 2.00. The zero-order valence-corrected chi connectivity index (χ0v) is 11.1. The Kier molecular flexibility index (Phi) is 6.19. The molecule has 0 radical (unpaired) electrons. The minimum Gasteiger partial charge on any atom is -0.380 e. The predicted molar refractivity (Wildman–Crippen MR) is 66.8 cm³/mol. The van der Waals surface area contributed by atoms with E-state index in [1.807, 2.05) is 6.92 Å². The Morgan fingerprint density at radius 3 is 1.85 bits per heavy atom. The molecule has 1 atom stereocenters. The van der Waals surface area contributed by atoms with Crippen LogP contribution in [0.25, 0.3) is 0 Å². The molecule has 0 fully saturated rings. The third-order valence-electron chi connectivity index (χ3n) is 3.05. The minimum absolute atomic E-state index is 0.0139. The summed E-state index contributed by atoms with van der Waals surface area (Å²) in [6.07, 6.45) is 2.19. The van der Waals surface area contributed by atoms with E-state index in [-0.39, 0.29) is 12.5 Å². The van der Waals surface area contributed by atoms with Gasteiger partial charge in [0.2, 0.25) is 5.82 Å². The van der Waals surface area contributed by atoms with Gasteiger partial charge in [-0.3, -0.25) is 0 Å². The lowest BCUT2D eigenvalue weighted by atomic mass is 10.00. The summed E-state index contributed by atoms with van der Waals surface area (Å²) in [7, 11) is 0. The highest BCUT2D eigenvalue weighted by Crippen LogP contribution is 2.27. The number of nitrogens with two attached hydrogens (primary N) is 1. The zero-order valence-electron chi connectivity index (χ0n) is 11.1. The van der Waals surface area contributed by atoms with Crippen LogP contribution in [0.3, 0.4) is 0 Å². The summed E-state index contributed by atoms with van der Waals surface area (Å²) in [5.41, 5.74) is 4.42. The van der Waals surface area contributed by atoms with Crippen molar-refractivity contribution in [2.45, 2.75) is 26.2 Å². The maximum absolute atomic E-state index is 13.4. The van der Waals surface area contributed by atoms with E-state index in [9.17, 15) is 22.0 Å². The van der Waals surface area contributed by atoms with Crippen molar-refractivity contribution in [2.75, 3.05) is 18.4 Å². The molecule has 0 aromatic heterocycles. The number of nitrogens with one attached hydrogen (secondary N) is 1. The molecule has 1 aromatic rings. The summed E-state index contributed by atoms with van der Waals surface area (Å²) in [5.74, 6) is -9.72. The molecule has 0 spiro atoms. The van der Waals surface area contributed by atoms with Crippen molar-refractivity contribution in [3.8, 4) is 0 Å². The summed E-state index contributed by atoms with van der Waals surface area (Å²) < 4.78 is 65.7. The third-order valence-corrected chi connectivity index (χ3v) is 3.05. The number of rotatable bonds is 7. The second-order valence-electron chi connectivity index (χ2n) is 4.56. The van der Waals surface area contributed by atoms with Crippen molar-refractivity contribution in [1.82, 2.24) is 0 Å². The molecule has 3 N–H and O–H groups in total. The van der Waals surface area contributed by atoms with Crippen molar-refractivity contribution < 1.29 is 22.0 Å². The van der Waals surface area contributed by atoms with Crippen molar-refractivity contribution in [2.24, 2.45) is 11.7 Å². The molecule has 20 heavy (non-hydrogen) atoms. The van der Waals surface area contributed by atoms with Crippen LogP contribution in [-0.2, 0) is 0 Å². The fourth-order valence-electron chi connectivity index (χ4n) is 2.00. The maximum Gasteiger partial charge on any atom is 0.200 e. The summed E-state index contributed by atoms with van der Waals surface area (Å²) in [4.78, 5) is 0. The van der Waals surface area contributed by atoms with Gasteiger partial charge >= 0.3 is 0 Å². The molecule has 1 rings (SSSR count). The van der Waals surface area contributed by atoms with Crippen LogP contribution in [-0.4, -0.2) is 13.1 Å². The van der Waals surface area contributed by atoms with Crippen LogP contribution < -0.4 is 11.1 Å². The predicted octanol–water partition coefficient (Wildman–Crippen LogP) is 3.56. The highest BCUT2D eigenvalue weighted by Gasteiger charge is 2.25. The zero-order chi connectivity index (χ0) is 15.3. The van der Waals surface area contributed by atoms with Gasteiger partial charge in [0.1, 0.15) is 5.69 Å².